The minimum atomic E-state index is -0.567. The van der Waals surface area contributed by atoms with Gasteiger partial charge in [0.1, 0.15) is 17.9 Å². The summed E-state index contributed by atoms with van der Waals surface area (Å²) in [5.41, 5.74) is 4.44. The van der Waals surface area contributed by atoms with Crippen LogP contribution in [0, 0.1) is 7.53 Å². The highest BCUT2D eigenvalue weighted by Gasteiger charge is 2.07. The van der Waals surface area contributed by atoms with Crippen LogP contribution in [0.1, 0.15) is 17.9 Å². The van der Waals surface area contributed by atoms with Crippen molar-refractivity contribution in [1.29, 1.82) is 0 Å². The zero-order chi connectivity index (χ0) is 16.7. The number of hydrogen-bond acceptors (Lipinski definition) is 6. The van der Waals surface area contributed by atoms with E-state index < -0.39 is 18.2 Å². The molecule has 2 aromatic rings. The Bertz CT molecular complexity index is 688. The van der Waals surface area contributed by atoms with E-state index in [1.165, 1.54) is 12.4 Å². The van der Waals surface area contributed by atoms with Gasteiger partial charge in [-0.05, 0) is 69.4 Å². The molecule has 120 valence electrons. The fourth-order valence-corrected chi connectivity index (χ4v) is 2.22. The quantitative estimate of drug-likeness (QED) is 0.253. The van der Waals surface area contributed by atoms with Crippen LogP contribution in [0.25, 0.3) is 0 Å². The number of carbonyl (C=O) groups is 2. The Morgan fingerprint density at radius 2 is 1.35 bits per heavy atom. The van der Waals surface area contributed by atoms with Gasteiger partial charge in [0.25, 0.3) is 0 Å². The first-order valence-electron chi connectivity index (χ1n) is 6.17. The van der Waals surface area contributed by atoms with E-state index in [-0.39, 0.29) is 0 Å². The summed E-state index contributed by atoms with van der Waals surface area (Å²) >= 11 is 4.02. The summed E-state index contributed by atoms with van der Waals surface area (Å²) in [6, 6.07) is 6.92. The van der Waals surface area contributed by atoms with Crippen LogP contribution in [0.2, 0.25) is 0 Å². The summed E-state index contributed by atoms with van der Waals surface area (Å²) in [7, 11) is 0. The van der Waals surface area contributed by atoms with Crippen molar-refractivity contribution in [3.63, 3.8) is 0 Å². The van der Waals surface area contributed by atoms with Gasteiger partial charge in [-0.25, -0.2) is 10.9 Å². The minimum Gasteiger partial charge on any atom is -0.449 e. The molecule has 0 radical (unpaired) electrons. The Hall–Kier alpha value is -1.70. The molecule has 0 saturated heterocycles. The summed E-state index contributed by atoms with van der Waals surface area (Å²) in [4.78, 5) is 23.0. The van der Waals surface area contributed by atoms with Crippen molar-refractivity contribution in [2.24, 2.45) is 10.2 Å². The molecular formula is C13H10I2N4O4. The fourth-order valence-electron chi connectivity index (χ4n) is 1.36. The van der Waals surface area contributed by atoms with E-state index in [1.807, 2.05) is 45.2 Å². The van der Waals surface area contributed by atoms with E-state index in [2.05, 4.69) is 21.1 Å². The van der Waals surface area contributed by atoms with Crippen molar-refractivity contribution in [3.05, 3.63) is 43.3 Å². The molecule has 8 nitrogen and oxygen atoms in total. The smallest absolute Gasteiger partial charge is 0.249 e. The number of amides is 2. The van der Waals surface area contributed by atoms with Crippen LogP contribution in [-0.4, -0.2) is 24.2 Å². The van der Waals surface area contributed by atoms with Gasteiger partial charge in [0.2, 0.25) is 11.8 Å². The van der Waals surface area contributed by atoms with Gasteiger partial charge in [-0.3, -0.25) is 9.59 Å². The minimum absolute atomic E-state index is 0.403. The SMILES string of the molecule is O=C(CC(=O)N/N=C/c1ccc(I)o1)N/N=C\c1ccc(I)o1. The van der Waals surface area contributed by atoms with Crippen molar-refractivity contribution in [2.75, 3.05) is 0 Å². The number of rotatable bonds is 6. The highest BCUT2D eigenvalue weighted by atomic mass is 127. The number of hydrazone groups is 2. The van der Waals surface area contributed by atoms with Gasteiger partial charge in [-0.1, -0.05) is 0 Å². The first-order valence-corrected chi connectivity index (χ1v) is 8.33. The third kappa shape index (κ3) is 6.52. The molecule has 10 heteroatoms. The van der Waals surface area contributed by atoms with Gasteiger partial charge in [0.15, 0.2) is 7.53 Å². The molecule has 0 aliphatic carbocycles. The van der Waals surface area contributed by atoms with Gasteiger partial charge in [0, 0.05) is 0 Å². The van der Waals surface area contributed by atoms with Crippen LogP contribution < -0.4 is 10.9 Å². The average Bonchev–Trinajstić information content (AvgIpc) is 3.07. The lowest BCUT2D eigenvalue weighted by molar-refractivity contribution is -0.129. The lowest BCUT2D eigenvalue weighted by Gasteiger charge is -1.98. The molecule has 0 aliphatic rings. The monoisotopic (exact) mass is 540 g/mol. The maximum Gasteiger partial charge on any atom is 0.249 e. The predicted molar refractivity (Wildman–Crippen MR) is 98.9 cm³/mol. The van der Waals surface area contributed by atoms with E-state index >= 15 is 0 Å². The van der Waals surface area contributed by atoms with E-state index in [1.54, 1.807) is 24.3 Å². The molecular weight excluding hydrogens is 530 g/mol. The Morgan fingerprint density at radius 1 is 0.913 bits per heavy atom. The number of carbonyl (C=O) groups excluding carboxylic acids is 2. The van der Waals surface area contributed by atoms with Crippen LogP contribution in [-0.2, 0) is 9.59 Å². The van der Waals surface area contributed by atoms with Crippen LogP contribution in [0.15, 0.2) is 43.3 Å². The lowest BCUT2D eigenvalue weighted by Crippen LogP contribution is -2.27. The highest BCUT2D eigenvalue weighted by Crippen LogP contribution is 2.08. The summed E-state index contributed by atoms with van der Waals surface area (Å²) in [6.45, 7) is 0. The topological polar surface area (TPSA) is 109 Å². The summed E-state index contributed by atoms with van der Waals surface area (Å²) < 4.78 is 11.9. The van der Waals surface area contributed by atoms with Crippen molar-refractivity contribution in [3.8, 4) is 0 Å². The third-order valence-electron chi connectivity index (χ3n) is 2.27. The Kier molecular flexibility index (Phi) is 6.76. The molecule has 0 bridgehead atoms. The van der Waals surface area contributed by atoms with E-state index in [9.17, 15) is 9.59 Å². The molecule has 2 amide bonds. The Morgan fingerprint density at radius 3 is 1.70 bits per heavy atom. The molecule has 2 N–H and O–H groups in total. The highest BCUT2D eigenvalue weighted by molar-refractivity contribution is 14.1. The molecule has 2 heterocycles. The fraction of sp³-hybridized carbons (Fsp3) is 0.0769. The predicted octanol–water partition coefficient (Wildman–Crippen LogP) is 2.07. The molecule has 0 atom stereocenters. The second-order valence-electron chi connectivity index (χ2n) is 4.05. The molecule has 2 aromatic heterocycles. The van der Waals surface area contributed by atoms with Gasteiger partial charge in [0.05, 0.1) is 12.4 Å². The van der Waals surface area contributed by atoms with Crippen molar-refractivity contribution in [1.82, 2.24) is 10.9 Å². The van der Waals surface area contributed by atoms with Crippen LogP contribution in [0.5, 0.6) is 0 Å². The maximum absolute atomic E-state index is 11.5. The summed E-state index contributed by atoms with van der Waals surface area (Å²) in [5, 5.41) is 7.37. The number of nitrogens with zero attached hydrogens (tertiary/aromatic N) is 2. The lowest BCUT2D eigenvalue weighted by atomic mass is 10.4. The van der Waals surface area contributed by atoms with E-state index in [0.29, 0.717) is 19.1 Å². The average molecular weight is 540 g/mol. The molecule has 0 fully saturated rings. The van der Waals surface area contributed by atoms with Gasteiger partial charge in [-0.15, -0.1) is 0 Å². The van der Waals surface area contributed by atoms with Crippen LogP contribution in [0.3, 0.4) is 0 Å². The second kappa shape index (κ2) is 8.81. The molecule has 0 aliphatic heterocycles. The number of furan rings is 2. The molecule has 0 saturated carbocycles. The van der Waals surface area contributed by atoms with Gasteiger partial charge in [-0.2, -0.15) is 10.2 Å². The van der Waals surface area contributed by atoms with Crippen LogP contribution >= 0.6 is 45.2 Å². The summed E-state index contributed by atoms with van der Waals surface area (Å²) in [6.07, 6.45) is 2.28. The first kappa shape index (κ1) is 17.7. The van der Waals surface area contributed by atoms with Crippen molar-refractivity contribution in [2.45, 2.75) is 6.42 Å². The van der Waals surface area contributed by atoms with Gasteiger partial charge < -0.3 is 8.83 Å². The molecule has 0 aromatic carbocycles. The Balaban J connectivity index is 1.71. The standard InChI is InChI=1S/C13H10I2N4O4/c14-10-3-1-8(22-10)6-16-18-12(20)5-13(21)19-17-7-9-2-4-11(15)23-9/h1-4,6-7H,5H2,(H,18,20)(H,19,21)/b16-6-,17-7+. The van der Waals surface area contributed by atoms with Gasteiger partial charge >= 0.3 is 0 Å². The number of hydrogen-bond donors (Lipinski definition) is 2. The van der Waals surface area contributed by atoms with Crippen molar-refractivity contribution < 1.29 is 18.4 Å². The normalized spacial score (nSPS) is 11.2. The maximum atomic E-state index is 11.5. The molecule has 0 spiro atoms. The molecule has 0 unspecified atom stereocenters. The number of nitrogens with one attached hydrogen (secondary N) is 2. The van der Waals surface area contributed by atoms with Crippen molar-refractivity contribution >= 4 is 69.4 Å². The number of halogens is 2. The zero-order valence-corrected chi connectivity index (χ0v) is 15.8. The van der Waals surface area contributed by atoms with E-state index in [4.69, 9.17) is 8.83 Å². The van der Waals surface area contributed by atoms with E-state index in [0.717, 1.165) is 0 Å². The molecule has 2 rings (SSSR count). The van der Waals surface area contributed by atoms with Crippen LogP contribution in [0.4, 0.5) is 0 Å². The third-order valence-corrected chi connectivity index (χ3v) is 3.43. The largest absolute Gasteiger partial charge is 0.449 e. The first-order chi connectivity index (χ1) is 11.0. The summed E-state index contributed by atoms with van der Waals surface area (Å²) in [5.74, 6) is -0.140. The zero-order valence-electron chi connectivity index (χ0n) is 11.5. The molecule has 23 heavy (non-hydrogen) atoms. The Labute approximate surface area is 158 Å². The second-order valence-corrected chi connectivity index (χ2v) is 6.17.